The number of hydrogen-bond donors (Lipinski definition) is 2. The van der Waals surface area contributed by atoms with Gasteiger partial charge in [-0.2, -0.15) is 0 Å². The first kappa shape index (κ1) is 15.1. The summed E-state index contributed by atoms with van der Waals surface area (Å²) in [6.07, 6.45) is 0. The van der Waals surface area contributed by atoms with Gasteiger partial charge in [-0.15, -0.1) is 10.2 Å². The Balaban J connectivity index is 1.89. The maximum atomic E-state index is 11.9. The molecule has 1 heterocycles. The lowest BCUT2D eigenvalue weighted by Gasteiger charge is -2.07. The third-order valence-corrected chi connectivity index (χ3v) is 4.72. The van der Waals surface area contributed by atoms with E-state index in [0.29, 0.717) is 10.8 Å². The average molecular weight is 329 g/mol. The first-order chi connectivity index (χ1) is 9.58. The first-order valence-electron chi connectivity index (χ1n) is 5.78. The molecule has 0 unspecified atom stereocenters. The number of aryl methyl sites for hydroxylation is 1. The zero-order chi connectivity index (χ0) is 14.5. The van der Waals surface area contributed by atoms with E-state index < -0.39 is 0 Å². The van der Waals surface area contributed by atoms with E-state index in [1.54, 1.807) is 19.2 Å². The van der Waals surface area contributed by atoms with Crippen molar-refractivity contribution in [3.63, 3.8) is 0 Å². The molecule has 2 N–H and O–H groups in total. The highest BCUT2D eigenvalue weighted by atomic mass is 35.5. The summed E-state index contributed by atoms with van der Waals surface area (Å²) in [5.41, 5.74) is 1.71. The van der Waals surface area contributed by atoms with Gasteiger partial charge in [0.25, 0.3) is 0 Å². The van der Waals surface area contributed by atoms with Crippen LogP contribution in [0, 0.1) is 6.92 Å². The molecule has 0 aliphatic carbocycles. The Morgan fingerprint density at radius 2 is 2.25 bits per heavy atom. The number of carbonyl (C=O) groups excluding carboxylic acids is 1. The molecule has 0 atom stereocenters. The summed E-state index contributed by atoms with van der Waals surface area (Å²) in [6.45, 7) is 1.90. The number of anilines is 2. The Morgan fingerprint density at radius 3 is 2.90 bits per heavy atom. The minimum Gasteiger partial charge on any atom is -0.363 e. The lowest BCUT2D eigenvalue weighted by atomic mass is 10.2. The van der Waals surface area contributed by atoms with Crippen molar-refractivity contribution >= 4 is 51.4 Å². The second-order valence-corrected chi connectivity index (χ2v) is 6.56. The van der Waals surface area contributed by atoms with Crippen LogP contribution in [0.3, 0.4) is 0 Å². The number of rotatable bonds is 5. The van der Waals surface area contributed by atoms with Gasteiger partial charge in [0.15, 0.2) is 4.34 Å². The van der Waals surface area contributed by atoms with Crippen LogP contribution in [0.1, 0.15) is 5.56 Å². The molecule has 1 aromatic heterocycles. The zero-order valence-corrected chi connectivity index (χ0v) is 13.3. The maximum absolute atomic E-state index is 11.9. The fourth-order valence-electron chi connectivity index (χ4n) is 1.45. The number of nitrogens with one attached hydrogen (secondary N) is 2. The third kappa shape index (κ3) is 4.09. The summed E-state index contributed by atoms with van der Waals surface area (Å²) in [4.78, 5) is 11.9. The molecule has 0 radical (unpaired) electrons. The number of halogens is 1. The molecular formula is C12H13ClN4OS2. The molecule has 5 nitrogen and oxygen atoms in total. The summed E-state index contributed by atoms with van der Waals surface area (Å²) in [5.74, 6) is 0.210. The van der Waals surface area contributed by atoms with Crippen LogP contribution in [0.15, 0.2) is 22.5 Å². The number of thioether (sulfide) groups is 1. The Kier molecular flexibility index (Phi) is 5.22. The number of carbonyl (C=O) groups is 1. The summed E-state index contributed by atoms with van der Waals surface area (Å²) >= 11 is 8.65. The molecule has 0 saturated heterocycles. The molecule has 0 aliphatic heterocycles. The molecule has 1 aromatic carbocycles. The lowest BCUT2D eigenvalue weighted by molar-refractivity contribution is -0.113. The van der Waals surface area contributed by atoms with Gasteiger partial charge in [0.2, 0.25) is 11.0 Å². The normalized spacial score (nSPS) is 10.3. The quantitative estimate of drug-likeness (QED) is 0.824. The largest absolute Gasteiger partial charge is 0.363 e. The Labute approximate surface area is 130 Å². The van der Waals surface area contributed by atoms with Crippen molar-refractivity contribution in [3.8, 4) is 0 Å². The van der Waals surface area contributed by atoms with Crippen molar-refractivity contribution in [2.75, 3.05) is 23.4 Å². The molecule has 8 heteroatoms. The number of benzene rings is 1. The van der Waals surface area contributed by atoms with Gasteiger partial charge in [-0.3, -0.25) is 4.79 Å². The summed E-state index contributed by atoms with van der Waals surface area (Å²) in [5, 5.41) is 15.0. The van der Waals surface area contributed by atoms with Crippen molar-refractivity contribution in [2.45, 2.75) is 11.3 Å². The van der Waals surface area contributed by atoms with Crippen LogP contribution in [0.25, 0.3) is 0 Å². The smallest absolute Gasteiger partial charge is 0.234 e. The number of amides is 1. The topological polar surface area (TPSA) is 66.9 Å². The van der Waals surface area contributed by atoms with Crippen LogP contribution in [0.5, 0.6) is 0 Å². The summed E-state index contributed by atoms with van der Waals surface area (Å²) in [7, 11) is 1.78. The van der Waals surface area contributed by atoms with Crippen molar-refractivity contribution in [1.29, 1.82) is 0 Å². The zero-order valence-electron chi connectivity index (χ0n) is 10.9. The van der Waals surface area contributed by atoms with Crippen LogP contribution in [-0.2, 0) is 4.79 Å². The third-order valence-electron chi connectivity index (χ3n) is 2.41. The van der Waals surface area contributed by atoms with Crippen LogP contribution in [0.2, 0.25) is 5.02 Å². The van der Waals surface area contributed by atoms with Gasteiger partial charge < -0.3 is 10.6 Å². The molecule has 1 amide bonds. The van der Waals surface area contributed by atoms with Crippen molar-refractivity contribution < 1.29 is 4.79 Å². The molecule has 20 heavy (non-hydrogen) atoms. The minimum atomic E-state index is -0.0818. The number of hydrogen-bond acceptors (Lipinski definition) is 6. The average Bonchev–Trinajstić information content (AvgIpc) is 2.88. The van der Waals surface area contributed by atoms with E-state index in [-0.39, 0.29) is 5.91 Å². The Morgan fingerprint density at radius 1 is 1.45 bits per heavy atom. The Bertz CT molecular complexity index is 617. The second kappa shape index (κ2) is 6.92. The maximum Gasteiger partial charge on any atom is 0.234 e. The molecule has 0 bridgehead atoms. The second-order valence-electron chi connectivity index (χ2n) is 3.92. The van der Waals surface area contributed by atoms with Gasteiger partial charge >= 0.3 is 0 Å². The van der Waals surface area contributed by atoms with Crippen molar-refractivity contribution in [2.24, 2.45) is 0 Å². The molecule has 106 valence electrons. The van der Waals surface area contributed by atoms with Gasteiger partial charge in [0, 0.05) is 17.8 Å². The summed E-state index contributed by atoms with van der Waals surface area (Å²) < 4.78 is 0.761. The van der Waals surface area contributed by atoms with Crippen LogP contribution >= 0.6 is 34.7 Å². The molecule has 0 aliphatic rings. The Hall–Kier alpha value is -1.31. The number of nitrogens with zero attached hydrogens (tertiary/aromatic N) is 2. The van der Waals surface area contributed by atoms with E-state index in [1.165, 1.54) is 23.1 Å². The first-order valence-corrected chi connectivity index (χ1v) is 7.96. The van der Waals surface area contributed by atoms with Gasteiger partial charge in [-0.1, -0.05) is 34.7 Å². The molecular weight excluding hydrogens is 316 g/mol. The van der Waals surface area contributed by atoms with E-state index in [0.717, 1.165) is 20.7 Å². The fraction of sp³-hybridized carbons (Fsp3) is 0.250. The van der Waals surface area contributed by atoms with E-state index >= 15 is 0 Å². The lowest BCUT2D eigenvalue weighted by Crippen LogP contribution is -2.14. The minimum absolute atomic E-state index is 0.0818. The standard InChI is InChI=1S/C12H13ClN4OS2/c1-7-5-8(13)3-4-9(7)15-10(18)6-19-12-17-16-11(14-2)20-12/h3-5H,6H2,1-2H3,(H,14,16)(H,15,18). The predicted molar refractivity (Wildman–Crippen MR) is 85.0 cm³/mol. The van der Waals surface area contributed by atoms with Crippen LogP contribution < -0.4 is 10.6 Å². The van der Waals surface area contributed by atoms with Crippen molar-refractivity contribution in [3.05, 3.63) is 28.8 Å². The molecule has 2 aromatic rings. The van der Waals surface area contributed by atoms with Gasteiger partial charge in [0.05, 0.1) is 5.75 Å². The van der Waals surface area contributed by atoms with E-state index in [2.05, 4.69) is 20.8 Å². The highest BCUT2D eigenvalue weighted by Gasteiger charge is 2.09. The molecule has 0 spiro atoms. The highest BCUT2D eigenvalue weighted by Crippen LogP contribution is 2.25. The van der Waals surface area contributed by atoms with Crippen LogP contribution in [-0.4, -0.2) is 28.9 Å². The van der Waals surface area contributed by atoms with Crippen LogP contribution in [0.4, 0.5) is 10.8 Å². The van der Waals surface area contributed by atoms with Crippen molar-refractivity contribution in [1.82, 2.24) is 10.2 Å². The van der Waals surface area contributed by atoms with E-state index in [4.69, 9.17) is 11.6 Å². The number of aromatic nitrogens is 2. The van der Waals surface area contributed by atoms with Gasteiger partial charge in [0.1, 0.15) is 0 Å². The van der Waals surface area contributed by atoms with E-state index in [1.807, 2.05) is 13.0 Å². The van der Waals surface area contributed by atoms with Gasteiger partial charge in [-0.25, -0.2) is 0 Å². The highest BCUT2D eigenvalue weighted by molar-refractivity contribution is 8.01. The summed E-state index contributed by atoms with van der Waals surface area (Å²) in [6, 6.07) is 5.36. The molecule has 0 fully saturated rings. The van der Waals surface area contributed by atoms with Gasteiger partial charge in [-0.05, 0) is 30.7 Å². The van der Waals surface area contributed by atoms with E-state index in [9.17, 15) is 4.79 Å². The fourth-order valence-corrected chi connectivity index (χ4v) is 3.18. The monoisotopic (exact) mass is 328 g/mol. The predicted octanol–water partition coefficient (Wildman–Crippen LogP) is 3.27. The molecule has 2 rings (SSSR count). The SMILES string of the molecule is CNc1nnc(SCC(=O)Nc2ccc(Cl)cc2C)s1. The molecule has 0 saturated carbocycles.